The van der Waals surface area contributed by atoms with E-state index in [9.17, 15) is 0 Å². The van der Waals surface area contributed by atoms with Crippen LogP contribution in [-0.2, 0) is 6.42 Å². The Morgan fingerprint density at radius 2 is 1.45 bits per heavy atom. The van der Waals surface area contributed by atoms with Gasteiger partial charge in [0.1, 0.15) is 10.4 Å². The van der Waals surface area contributed by atoms with Gasteiger partial charge in [-0.1, -0.05) is 66.7 Å². The first kappa shape index (κ1) is 20.5. The quantitative estimate of drug-likeness (QED) is 0.229. The number of aryl methyl sites for hydroxylation is 1. The van der Waals surface area contributed by atoms with Crippen LogP contribution in [0.15, 0.2) is 108 Å². The maximum atomic E-state index is 6.59. The van der Waals surface area contributed by atoms with Gasteiger partial charge in [0.2, 0.25) is 5.71 Å². The minimum atomic E-state index is 0.931. The molecule has 4 heterocycles. The molecule has 4 aromatic heterocycles. The van der Waals surface area contributed by atoms with Crippen molar-refractivity contribution in [3.8, 4) is 11.4 Å². The molecule has 8 aromatic rings. The van der Waals surface area contributed by atoms with Crippen LogP contribution >= 0.6 is 11.3 Å². The second-order valence-corrected chi connectivity index (χ2v) is 11.1. The zero-order valence-electron chi connectivity index (χ0n) is 20.5. The number of aromatic nitrogens is 2. The zero-order valence-corrected chi connectivity index (χ0v) is 21.3. The topological polar surface area (TPSA) is 23.0 Å². The molecule has 0 saturated carbocycles. The number of rotatable bonds is 2. The van der Waals surface area contributed by atoms with Crippen LogP contribution in [-0.4, -0.2) is 9.13 Å². The number of furan rings is 1. The monoisotopic (exact) mass is 506 g/mol. The Morgan fingerprint density at radius 3 is 2.37 bits per heavy atom. The molecule has 1 aliphatic rings. The summed E-state index contributed by atoms with van der Waals surface area (Å²) < 4.78 is 11.3. The third kappa shape index (κ3) is 2.62. The van der Waals surface area contributed by atoms with E-state index in [1.165, 1.54) is 58.9 Å². The highest BCUT2D eigenvalue weighted by Crippen LogP contribution is 2.47. The molecule has 180 valence electrons. The standard InChI is InChI=1S/C34H22N2OS/c1-2-10-21(11-3-1)35-27-15-7-4-12-23(27)26-20-22(18-19-28(26)35)36-33-31(24-13-5-8-16-29(24)37-33)32-25-14-6-9-17-30(25)38-34(32)36/h1-8,10-16,18-20H,9,17H2. The summed E-state index contributed by atoms with van der Waals surface area (Å²) in [7, 11) is 0. The van der Waals surface area contributed by atoms with E-state index in [1.54, 1.807) is 0 Å². The van der Waals surface area contributed by atoms with E-state index in [4.69, 9.17) is 4.42 Å². The van der Waals surface area contributed by atoms with Gasteiger partial charge in [0, 0.05) is 32.1 Å². The van der Waals surface area contributed by atoms with E-state index in [1.807, 2.05) is 11.3 Å². The normalized spacial score (nSPS) is 13.5. The minimum absolute atomic E-state index is 0.931. The Labute approximate surface area is 222 Å². The molecule has 0 amide bonds. The summed E-state index contributed by atoms with van der Waals surface area (Å²) in [5.41, 5.74) is 7.97. The van der Waals surface area contributed by atoms with Crippen molar-refractivity contribution in [2.45, 2.75) is 12.8 Å². The van der Waals surface area contributed by atoms with Gasteiger partial charge >= 0.3 is 0 Å². The predicted molar refractivity (Wildman–Crippen MR) is 160 cm³/mol. The van der Waals surface area contributed by atoms with Crippen molar-refractivity contribution in [3.63, 3.8) is 0 Å². The predicted octanol–water partition coefficient (Wildman–Crippen LogP) is 9.65. The molecule has 4 aromatic carbocycles. The SMILES string of the molecule is C1=Cc2c(sc3c2c2c4ccccc4oc2n3-c2ccc3c(c2)c2ccccc2n3-c2ccccc2)CC1. The Bertz CT molecular complexity index is 2240. The maximum absolute atomic E-state index is 6.59. The molecule has 0 radical (unpaired) electrons. The number of allylic oxidation sites excluding steroid dienone is 1. The first-order valence-electron chi connectivity index (χ1n) is 13.1. The molecule has 0 saturated heterocycles. The fourth-order valence-corrected chi connectivity index (χ4v) is 7.69. The van der Waals surface area contributed by atoms with E-state index in [0.29, 0.717) is 0 Å². The van der Waals surface area contributed by atoms with E-state index in [2.05, 4.69) is 118 Å². The highest BCUT2D eigenvalue weighted by atomic mass is 32.1. The van der Waals surface area contributed by atoms with Crippen LogP contribution in [0, 0.1) is 0 Å². The molecule has 0 aliphatic heterocycles. The number of fused-ring (bicyclic) bond motifs is 10. The van der Waals surface area contributed by atoms with Crippen molar-refractivity contribution in [1.29, 1.82) is 0 Å². The summed E-state index contributed by atoms with van der Waals surface area (Å²) in [4.78, 5) is 2.74. The zero-order chi connectivity index (χ0) is 24.8. The molecule has 9 rings (SSSR count). The lowest BCUT2D eigenvalue weighted by Gasteiger charge is -2.09. The van der Waals surface area contributed by atoms with E-state index >= 15 is 0 Å². The molecule has 0 spiro atoms. The van der Waals surface area contributed by atoms with Crippen molar-refractivity contribution in [3.05, 3.63) is 114 Å². The summed E-state index contributed by atoms with van der Waals surface area (Å²) in [6.45, 7) is 0. The lowest BCUT2D eigenvalue weighted by Crippen LogP contribution is -1.94. The fraction of sp³-hybridized carbons (Fsp3) is 0.0588. The van der Waals surface area contributed by atoms with Gasteiger partial charge in [-0.05, 0) is 60.9 Å². The molecule has 4 heteroatoms. The average molecular weight is 507 g/mol. The molecule has 0 bridgehead atoms. The van der Waals surface area contributed by atoms with Gasteiger partial charge in [-0.3, -0.25) is 4.57 Å². The summed E-state index contributed by atoms with van der Waals surface area (Å²) in [5, 5.41) is 6.24. The number of thiophene rings is 1. The first-order valence-corrected chi connectivity index (χ1v) is 13.9. The third-order valence-electron chi connectivity index (χ3n) is 7.99. The number of hydrogen-bond donors (Lipinski definition) is 0. The molecule has 0 N–H and O–H groups in total. The summed E-state index contributed by atoms with van der Waals surface area (Å²) in [6, 6.07) is 34.6. The molecular formula is C34H22N2OS. The van der Waals surface area contributed by atoms with Crippen LogP contribution < -0.4 is 0 Å². The van der Waals surface area contributed by atoms with Crippen molar-refractivity contribution < 1.29 is 4.42 Å². The molecule has 0 fully saturated rings. The van der Waals surface area contributed by atoms with Gasteiger partial charge in [0.15, 0.2) is 0 Å². The third-order valence-corrected chi connectivity index (χ3v) is 9.24. The van der Waals surface area contributed by atoms with Crippen LogP contribution in [0.3, 0.4) is 0 Å². The van der Waals surface area contributed by atoms with Gasteiger partial charge in [0.25, 0.3) is 0 Å². The number of para-hydroxylation sites is 3. The lowest BCUT2D eigenvalue weighted by molar-refractivity contribution is 0.646. The Kier molecular flexibility index (Phi) is 4.05. The van der Waals surface area contributed by atoms with Gasteiger partial charge < -0.3 is 8.98 Å². The molecular weight excluding hydrogens is 484 g/mol. The average Bonchev–Trinajstić information content (AvgIpc) is 3.69. The van der Waals surface area contributed by atoms with Gasteiger partial charge in [-0.15, -0.1) is 11.3 Å². The van der Waals surface area contributed by atoms with E-state index in [0.717, 1.165) is 29.8 Å². The van der Waals surface area contributed by atoms with Crippen LogP contribution in [0.25, 0.3) is 71.5 Å². The second kappa shape index (κ2) is 7.50. The highest BCUT2D eigenvalue weighted by molar-refractivity contribution is 7.19. The molecule has 1 aliphatic carbocycles. The van der Waals surface area contributed by atoms with E-state index in [-0.39, 0.29) is 0 Å². The molecule has 0 atom stereocenters. The van der Waals surface area contributed by atoms with Gasteiger partial charge in [0.05, 0.1) is 22.1 Å². The Hall–Kier alpha value is -4.54. The lowest BCUT2D eigenvalue weighted by atomic mass is 10.0. The largest absolute Gasteiger partial charge is 0.439 e. The van der Waals surface area contributed by atoms with Crippen molar-refractivity contribution in [2.24, 2.45) is 0 Å². The van der Waals surface area contributed by atoms with Crippen molar-refractivity contribution in [2.75, 3.05) is 0 Å². The van der Waals surface area contributed by atoms with Gasteiger partial charge in [-0.25, -0.2) is 0 Å². The molecule has 0 unspecified atom stereocenters. The maximum Gasteiger partial charge on any atom is 0.214 e. The highest BCUT2D eigenvalue weighted by Gasteiger charge is 2.26. The molecule has 3 nitrogen and oxygen atoms in total. The first-order chi connectivity index (χ1) is 18.9. The number of hydrogen-bond acceptors (Lipinski definition) is 2. The number of benzene rings is 4. The summed E-state index contributed by atoms with van der Waals surface area (Å²) >= 11 is 1.92. The summed E-state index contributed by atoms with van der Waals surface area (Å²) in [6.07, 6.45) is 6.84. The van der Waals surface area contributed by atoms with Crippen LogP contribution in [0.4, 0.5) is 0 Å². The van der Waals surface area contributed by atoms with Crippen LogP contribution in [0.2, 0.25) is 0 Å². The minimum Gasteiger partial charge on any atom is -0.439 e. The smallest absolute Gasteiger partial charge is 0.214 e. The van der Waals surface area contributed by atoms with Crippen molar-refractivity contribution in [1.82, 2.24) is 9.13 Å². The van der Waals surface area contributed by atoms with Crippen molar-refractivity contribution >= 4 is 71.5 Å². The summed E-state index contributed by atoms with van der Waals surface area (Å²) in [5.74, 6) is 0. The van der Waals surface area contributed by atoms with Crippen LogP contribution in [0.1, 0.15) is 16.9 Å². The van der Waals surface area contributed by atoms with Gasteiger partial charge in [-0.2, -0.15) is 0 Å². The van der Waals surface area contributed by atoms with E-state index < -0.39 is 0 Å². The number of nitrogens with zero attached hydrogens (tertiary/aromatic N) is 2. The Balaban J connectivity index is 1.41. The van der Waals surface area contributed by atoms with Crippen LogP contribution in [0.5, 0.6) is 0 Å². The molecule has 38 heavy (non-hydrogen) atoms. The fourth-order valence-electron chi connectivity index (χ4n) is 6.37. The second-order valence-electron chi connectivity index (χ2n) is 10.1. The Morgan fingerprint density at radius 1 is 0.658 bits per heavy atom.